The van der Waals surface area contributed by atoms with Crippen molar-refractivity contribution in [3.63, 3.8) is 0 Å². The first kappa shape index (κ1) is 16.0. The molecule has 1 aliphatic rings. The molecule has 0 radical (unpaired) electrons. The molecule has 0 aromatic heterocycles. The number of nitrogens with zero attached hydrogens (tertiary/aromatic N) is 1. The van der Waals surface area contributed by atoms with E-state index in [4.69, 9.17) is 5.11 Å². The van der Waals surface area contributed by atoms with Gasteiger partial charge < -0.3 is 15.3 Å². The summed E-state index contributed by atoms with van der Waals surface area (Å²) < 4.78 is 0. The maximum absolute atomic E-state index is 12.5. The van der Waals surface area contributed by atoms with Crippen LogP contribution in [0.15, 0.2) is 30.3 Å². The van der Waals surface area contributed by atoms with E-state index >= 15 is 0 Å². The van der Waals surface area contributed by atoms with E-state index in [9.17, 15) is 4.79 Å². The van der Waals surface area contributed by atoms with Gasteiger partial charge in [0.1, 0.15) is 0 Å². The summed E-state index contributed by atoms with van der Waals surface area (Å²) >= 11 is 0. The summed E-state index contributed by atoms with van der Waals surface area (Å²) in [5, 5.41) is 12.2. The van der Waals surface area contributed by atoms with Gasteiger partial charge in [-0.3, -0.25) is 4.79 Å². The first-order valence-corrected chi connectivity index (χ1v) is 7.85. The SMILES string of the molecule is CN1CCCC(C(=O)NC(CCCO)c2ccccc2)C1. The molecule has 4 heteroatoms. The largest absolute Gasteiger partial charge is 0.396 e. The lowest BCUT2D eigenvalue weighted by Crippen LogP contribution is -2.42. The number of aliphatic hydroxyl groups excluding tert-OH is 1. The Balaban J connectivity index is 1.99. The van der Waals surface area contributed by atoms with Gasteiger partial charge in [-0.15, -0.1) is 0 Å². The Morgan fingerprint density at radius 2 is 2.19 bits per heavy atom. The van der Waals surface area contributed by atoms with E-state index in [0.29, 0.717) is 6.42 Å². The molecule has 1 aromatic rings. The molecule has 2 rings (SSSR count). The minimum Gasteiger partial charge on any atom is -0.396 e. The van der Waals surface area contributed by atoms with Crippen molar-refractivity contribution in [2.24, 2.45) is 5.92 Å². The van der Waals surface area contributed by atoms with Gasteiger partial charge in [0, 0.05) is 13.2 Å². The van der Waals surface area contributed by atoms with Gasteiger partial charge in [-0.2, -0.15) is 0 Å². The second kappa shape index (κ2) is 8.15. The number of carbonyl (C=O) groups excluding carboxylic acids is 1. The van der Waals surface area contributed by atoms with Gasteiger partial charge in [-0.25, -0.2) is 0 Å². The van der Waals surface area contributed by atoms with E-state index in [1.807, 2.05) is 30.3 Å². The Hall–Kier alpha value is -1.39. The van der Waals surface area contributed by atoms with Gasteiger partial charge in [0.2, 0.25) is 5.91 Å². The predicted molar refractivity (Wildman–Crippen MR) is 83.9 cm³/mol. The molecular weight excluding hydrogens is 264 g/mol. The Morgan fingerprint density at radius 3 is 2.86 bits per heavy atom. The zero-order valence-corrected chi connectivity index (χ0v) is 12.8. The Morgan fingerprint density at radius 1 is 1.43 bits per heavy atom. The van der Waals surface area contributed by atoms with E-state index in [1.165, 1.54) is 0 Å². The van der Waals surface area contributed by atoms with Crippen LogP contribution < -0.4 is 5.32 Å². The van der Waals surface area contributed by atoms with Crippen LogP contribution in [-0.4, -0.2) is 42.7 Å². The maximum Gasteiger partial charge on any atom is 0.224 e. The molecule has 2 unspecified atom stereocenters. The van der Waals surface area contributed by atoms with Gasteiger partial charge in [0.15, 0.2) is 0 Å². The van der Waals surface area contributed by atoms with Crippen LogP contribution in [0.1, 0.15) is 37.3 Å². The van der Waals surface area contributed by atoms with Crippen molar-refractivity contribution in [2.45, 2.75) is 31.7 Å². The maximum atomic E-state index is 12.5. The summed E-state index contributed by atoms with van der Waals surface area (Å²) in [6, 6.07) is 10.0. The molecule has 116 valence electrons. The molecule has 0 aliphatic carbocycles. The van der Waals surface area contributed by atoms with Crippen molar-refractivity contribution in [3.8, 4) is 0 Å². The fourth-order valence-corrected chi connectivity index (χ4v) is 2.97. The number of nitrogens with one attached hydrogen (secondary N) is 1. The third-order valence-corrected chi connectivity index (χ3v) is 4.16. The van der Waals surface area contributed by atoms with E-state index in [0.717, 1.165) is 37.9 Å². The molecule has 0 bridgehead atoms. The van der Waals surface area contributed by atoms with E-state index < -0.39 is 0 Å². The molecule has 1 saturated heterocycles. The molecule has 0 spiro atoms. The molecular formula is C17H26N2O2. The summed E-state index contributed by atoms with van der Waals surface area (Å²) in [5.74, 6) is 0.234. The quantitative estimate of drug-likeness (QED) is 0.842. The molecule has 1 aliphatic heterocycles. The van der Waals surface area contributed by atoms with Crippen molar-refractivity contribution in [2.75, 3.05) is 26.7 Å². The van der Waals surface area contributed by atoms with Crippen molar-refractivity contribution >= 4 is 5.91 Å². The van der Waals surface area contributed by atoms with Crippen molar-refractivity contribution in [1.82, 2.24) is 10.2 Å². The summed E-state index contributed by atoms with van der Waals surface area (Å²) in [5.41, 5.74) is 1.11. The number of likely N-dealkylation sites (tertiary alicyclic amines) is 1. The Kier molecular flexibility index (Phi) is 6.21. The molecule has 21 heavy (non-hydrogen) atoms. The number of hydrogen-bond acceptors (Lipinski definition) is 3. The van der Waals surface area contributed by atoms with E-state index in [2.05, 4.69) is 17.3 Å². The number of piperidine rings is 1. The van der Waals surface area contributed by atoms with Crippen LogP contribution in [0.4, 0.5) is 0 Å². The monoisotopic (exact) mass is 290 g/mol. The minimum atomic E-state index is -0.00178. The number of hydrogen-bond donors (Lipinski definition) is 2. The highest BCUT2D eigenvalue weighted by Crippen LogP contribution is 2.21. The fraction of sp³-hybridized carbons (Fsp3) is 0.588. The van der Waals surface area contributed by atoms with Crippen molar-refractivity contribution in [3.05, 3.63) is 35.9 Å². The highest BCUT2D eigenvalue weighted by molar-refractivity contribution is 5.79. The van der Waals surface area contributed by atoms with Crippen LogP contribution in [0.3, 0.4) is 0 Å². The lowest BCUT2D eigenvalue weighted by molar-refractivity contribution is -0.127. The minimum absolute atomic E-state index is 0.00178. The third kappa shape index (κ3) is 4.83. The average Bonchev–Trinajstić information content (AvgIpc) is 2.52. The zero-order chi connectivity index (χ0) is 15.1. The summed E-state index contributed by atoms with van der Waals surface area (Å²) in [7, 11) is 2.07. The summed E-state index contributed by atoms with van der Waals surface area (Å²) in [4.78, 5) is 14.7. The number of aliphatic hydroxyl groups is 1. The molecule has 2 atom stereocenters. The smallest absolute Gasteiger partial charge is 0.224 e. The standard InChI is InChI=1S/C17H26N2O2/c1-19-11-5-9-15(13-19)17(21)18-16(10-6-12-20)14-7-3-2-4-8-14/h2-4,7-8,15-16,20H,5-6,9-13H2,1H3,(H,18,21). The van der Waals surface area contributed by atoms with Crippen molar-refractivity contribution < 1.29 is 9.90 Å². The third-order valence-electron chi connectivity index (χ3n) is 4.16. The highest BCUT2D eigenvalue weighted by atomic mass is 16.3. The number of rotatable bonds is 6. The van der Waals surface area contributed by atoms with Crippen LogP contribution in [0.5, 0.6) is 0 Å². The van der Waals surface area contributed by atoms with Crippen LogP contribution in [-0.2, 0) is 4.79 Å². The normalized spacial score (nSPS) is 21.0. The molecule has 4 nitrogen and oxygen atoms in total. The number of amides is 1. The Bertz CT molecular complexity index is 436. The van der Waals surface area contributed by atoms with Crippen LogP contribution in [0.25, 0.3) is 0 Å². The average molecular weight is 290 g/mol. The highest BCUT2D eigenvalue weighted by Gasteiger charge is 2.25. The van der Waals surface area contributed by atoms with Gasteiger partial charge in [-0.1, -0.05) is 30.3 Å². The van der Waals surface area contributed by atoms with E-state index in [-0.39, 0.29) is 24.5 Å². The number of benzene rings is 1. The zero-order valence-electron chi connectivity index (χ0n) is 12.8. The molecule has 1 fully saturated rings. The molecule has 1 aromatic carbocycles. The first-order valence-electron chi connectivity index (χ1n) is 7.85. The van der Waals surface area contributed by atoms with Crippen LogP contribution >= 0.6 is 0 Å². The topological polar surface area (TPSA) is 52.6 Å². The molecule has 1 amide bonds. The predicted octanol–water partition coefficient (Wildman–Crippen LogP) is 1.96. The second-order valence-corrected chi connectivity index (χ2v) is 5.94. The fourth-order valence-electron chi connectivity index (χ4n) is 2.97. The summed E-state index contributed by atoms with van der Waals surface area (Å²) in [6.07, 6.45) is 3.53. The van der Waals surface area contributed by atoms with Gasteiger partial charge in [0.05, 0.1) is 12.0 Å². The van der Waals surface area contributed by atoms with Gasteiger partial charge >= 0.3 is 0 Å². The van der Waals surface area contributed by atoms with Gasteiger partial charge in [0.25, 0.3) is 0 Å². The summed E-state index contributed by atoms with van der Waals surface area (Å²) in [6.45, 7) is 2.08. The van der Waals surface area contributed by atoms with Gasteiger partial charge in [-0.05, 0) is 44.8 Å². The first-order chi connectivity index (χ1) is 10.2. The van der Waals surface area contributed by atoms with Crippen molar-refractivity contribution in [1.29, 1.82) is 0 Å². The van der Waals surface area contributed by atoms with Crippen LogP contribution in [0, 0.1) is 5.92 Å². The second-order valence-electron chi connectivity index (χ2n) is 5.94. The van der Waals surface area contributed by atoms with Crippen LogP contribution in [0.2, 0.25) is 0 Å². The Labute approximate surface area is 127 Å². The lowest BCUT2D eigenvalue weighted by Gasteiger charge is -2.30. The lowest BCUT2D eigenvalue weighted by atomic mass is 9.95. The van der Waals surface area contributed by atoms with E-state index in [1.54, 1.807) is 0 Å². The molecule has 1 heterocycles. The molecule has 2 N–H and O–H groups in total. The molecule has 0 saturated carbocycles. The number of carbonyl (C=O) groups is 1.